The first kappa shape index (κ1) is 23.9. The number of amides is 2. The van der Waals surface area contributed by atoms with Gasteiger partial charge >= 0.3 is 0 Å². The number of aromatic nitrogens is 1. The zero-order chi connectivity index (χ0) is 23.8. The van der Waals surface area contributed by atoms with Gasteiger partial charge in [0.1, 0.15) is 6.04 Å². The lowest BCUT2D eigenvalue weighted by Gasteiger charge is -2.21. The molecule has 178 valence electrons. The summed E-state index contributed by atoms with van der Waals surface area (Å²) in [6.07, 6.45) is 5.59. The van der Waals surface area contributed by atoms with Crippen LogP contribution in [0, 0.1) is 5.92 Å². The van der Waals surface area contributed by atoms with Crippen LogP contribution in [0.5, 0.6) is 0 Å². The molecule has 4 rings (SSSR count). The molecule has 2 amide bonds. The Labute approximate surface area is 200 Å². The van der Waals surface area contributed by atoms with E-state index in [0.29, 0.717) is 31.0 Å². The first-order chi connectivity index (χ1) is 16.6. The number of carbonyl (C=O) groups excluding carboxylic acids is 2. The lowest BCUT2D eigenvalue weighted by molar-refractivity contribution is -0.127. The molecule has 0 aliphatic carbocycles. The van der Waals surface area contributed by atoms with E-state index in [0.717, 1.165) is 42.3 Å². The van der Waals surface area contributed by atoms with E-state index < -0.39 is 6.04 Å². The number of aryl methyl sites for hydroxylation is 1. The van der Waals surface area contributed by atoms with Crippen molar-refractivity contribution in [3.8, 4) is 0 Å². The summed E-state index contributed by atoms with van der Waals surface area (Å²) in [6, 6.07) is 18.7. The minimum Gasteiger partial charge on any atom is -0.343 e. The molecule has 7 nitrogen and oxygen atoms in total. The van der Waals surface area contributed by atoms with Crippen molar-refractivity contribution in [3.63, 3.8) is 0 Å². The number of anilines is 1. The highest BCUT2D eigenvalue weighted by molar-refractivity contribution is 5.99. The third-order valence-electron chi connectivity index (χ3n) is 6.41. The molecule has 0 unspecified atom stereocenters. The standard InChI is InChI=1S/C27H33N5O2/c28-14-6-9-20-15-25(29-17-20)27(34)32-24(13-12-19-7-2-1-3-8-19)26(33)31-22-16-21-10-4-5-11-23(21)30-18-22/h1-5,7-8,10-11,16,18,20,24-25,29H,6,9,12-15,17,28H2,(H,31,33)(H,32,34)/t20-,24+,25-/m0/s1. The Morgan fingerprint density at radius 2 is 1.91 bits per heavy atom. The van der Waals surface area contributed by atoms with Gasteiger partial charge in [-0.15, -0.1) is 0 Å². The van der Waals surface area contributed by atoms with E-state index in [1.807, 2.05) is 60.7 Å². The summed E-state index contributed by atoms with van der Waals surface area (Å²) in [7, 11) is 0. The monoisotopic (exact) mass is 459 g/mol. The molecule has 0 saturated carbocycles. The molecule has 0 bridgehead atoms. The molecule has 1 aromatic heterocycles. The van der Waals surface area contributed by atoms with Gasteiger partial charge in [-0.25, -0.2) is 0 Å². The average molecular weight is 460 g/mol. The molecule has 7 heteroatoms. The zero-order valence-electron chi connectivity index (χ0n) is 19.4. The summed E-state index contributed by atoms with van der Waals surface area (Å²) in [5.41, 5.74) is 8.24. The Morgan fingerprint density at radius 3 is 2.74 bits per heavy atom. The number of nitrogens with zero attached hydrogens (tertiary/aromatic N) is 1. The third kappa shape index (κ3) is 6.40. The fraction of sp³-hybridized carbons (Fsp3) is 0.370. The Hall–Kier alpha value is -3.29. The smallest absolute Gasteiger partial charge is 0.247 e. The highest BCUT2D eigenvalue weighted by Gasteiger charge is 2.31. The van der Waals surface area contributed by atoms with Crippen molar-refractivity contribution in [2.75, 3.05) is 18.4 Å². The fourth-order valence-corrected chi connectivity index (χ4v) is 4.50. The van der Waals surface area contributed by atoms with E-state index in [1.54, 1.807) is 6.20 Å². The van der Waals surface area contributed by atoms with Gasteiger partial charge in [0.15, 0.2) is 0 Å². The predicted molar refractivity (Wildman–Crippen MR) is 135 cm³/mol. The second-order valence-corrected chi connectivity index (χ2v) is 8.98. The summed E-state index contributed by atoms with van der Waals surface area (Å²) < 4.78 is 0. The molecule has 3 aromatic rings. The quantitative estimate of drug-likeness (QED) is 0.373. The SMILES string of the molecule is NCCC[C@@H]1CN[C@H](C(=O)N[C@H](CCc2ccccc2)C(=O)Nc2cnc3ccccc3c2)C1. The van der Waals surface area contributed by atoms with Crippen LogP contribution in [0.3, 0.4) is 0 Å². The topological polar surface area (TPSA) is 109 Å². The van der Waals surface area contributed by atoms with E-state index in [-0.39, 0.29) is 17.9 Å². The van der Waals surface area contributed by atoms with Crippen molar-refractivity contribution in [1.29, 1.82) is 0 Å². The summed E-state index contributed by atoms with van der Waals surface area (Å²) >= 11 is 0. The number of rotatable bonds is 10. The third-order valence-corrected chi connectivity index (χ3v) is 6.41. The number of pyridine rings is 1. The lowest BCUT2D eigenvalue weighted by atomic mass is 9.99. The maximum absolute atomic E-state index is 13.2. The zero-order valence-corrected chi connectivity index (χ0v) is 19.4. The number of nitrogens with one attached hydrogen (secondary N) is 3. The van der Waals surface area contributed by atoms with Gasteiger partial charge in [-0.3, -0.25) is 14.6 Å². The maximum Gasteiger partial charge on any atom is 0.247 e. The van der Waals surface area contributed by atoms with Crippen molar-refractivity contribution in [2.24, 2.45) is 11.7 Å². The number of hydrogen-bond acceptors (Lipinski definition) is 5. The molecular formula is C27H33N5O2. The fourth-order valence-electron chi connectivity index (χ4n) is 4.50. The Balaban J connectivity index is 1.43. The second kappa shape index (κ2) is 11.7. The van der Waals surface area contributed by atoms with Crippen LogP contribution in [0.4, 0.5) is 5.69 Å². The molecule has 2 aromatic carbocycles. The number of hydrogen-bond donors (Lipinski definition) is 4. The van der Waals surface area contributed by atoms with Gasteiger partial charge < -0.3 is 21.7 Å². The molecule has 1 aliphatic rings. The largest absolute Gasteiger partial charge is 0.343 e. The molecule has 3 atom stereocenters. The Morgan fingerprint density at radius 1 is 1.12 bits per heavy atom. The normalized spacial score (nSPS) is 18.5. The van der Waals surface area contributed by atoms with E-state index in [2.05, 4.69) is 20.9 Å². The molecule has 5 N–H and O–H groups in total. The van der Waals surface area contributed by atoms with Crippen LogP contribution in [-0.4, -0.2) is 42.0 Å². The number of carbonyl (C=O) groups is 2. The van der Waals surface area contributed by atoms with Crippen molar-refractivity contribution in [3.05, 3.63) is 72.4 Å². The molecule has 1 fully saturated rings. The first-order valence-corrected chi connectivity index (χ1v) is 12.1. The number of benzene rings is 2. The number of fused-ring (bicyclic) bond motifs is 1. The van der Waals surface area contributed by atoms with Gasteiger partial charge in [-0.1, -0.05) is 48.5 Å². The van der Waals surface area contributed by atoms with Crippen molar-refractivity contribution in [1.82, 2.24) is 15.6 Å². The van der Waals surface area contributed by atoms with Crippen molar-refractivity contribution in [2.45, 2.75) is 44.2 Å². The first-order valence-electron chi connectivity index (χ1n) is 12.1. The van der Waals surface area contributed by atoms with Gasteiger partial charge in [0.2, 0.25) is 11.8 Å². The number of nitrogens with two attached hydrogens (primary N) is 1. The second-order valence-electron chi connectivity index (χ2n) is 8.98. The molecule has 0 spiro atoms. The van der Waals surface area contributed by atoms with Gasteiger partial charge in [-0.05, 0) is 68.8 Å². The summed E-state index contributed by atoms with van der Waals surface area (Å²) in [5, 5.41) is 10.2. The minimum absolute atomic E-state index is 0.125. The van der Waals surface area contributed by atoms with E-state index in [1.165, 1.54) is 0 Å². The highest BCUT2D eigenvalue weighted by Crippen LogP contribution is 2.20. The van der Waals surface area contributed by atoms with Crippen molar-refractivity contribution >= 4 is 28.4 Å². The van der Waals surface area contributed by atoms with Gasteiger partial charge in [-0.2, -0.15) is 0 Å². The lowest BCUT2D eigenvalue weighted by Crippen LogP contribution is -2.50. The highest BCUT2D eigenvalue weighted by atomic mass is 16.2. The van der Waals surface area contributed by atoms with Crippen LogP contribution in [0.2, 0.25) is 0 Å². The Kier molecular flexibility index (Phi) is 8.22. The average Bonchev–Trinajstić information content (AvgIpc) is 3.35. The van der Waals surface area contributed by atoms with Gasteiger partial charge in [0.05, 0.1) is 23.4 Å². The summed E-state index contributed by atoms with van der Waals surface area (Å²) in [6.45, 7) is 1.47. The summed E-state index contributed by atoms with van der Waals surface area (Å²) in [5.74, 6) is 0.0821. The van der Waals surface area contributed by atoms with Gasteiger partial charge in [0, 0.05) is 5.39 Å². The predicted octanol–water partition coefficient (Wildman–Crippen LogP) is 3.01. The van der Waals surface area contributed by atoms with Gasteiger partial charge in [0.25, 0.3) is 0 Å². The van der Waals surface area contributed by atoms with Crippen LogP contribution in [0.1, 0.15) is 31.2 Å². The van der Waals surface area contributed by atoms with Crippen molar-refractivity contribution < 1.29 is 9.59 Å². The van der Waals surface area contributed by atoms with Crippen LogP contribution in [0.25, 0.3) is 10.9 Å². The van der Waals surface area contributed by atoms with Crippen LogP contribution < -0.4 is 21.7 Å². The minimum atomic E-state index is -0.649. The van der Waals surface area contributed by atoms with Crippen LogP contribution >= 0.6 is 0 Å². The van der Waals surface area contributed by atoms with Crippen LogP contribution in [-0.2, 0) is 16.0 Å². The summed E-state index contributed by atoms with van der Waals surface area (Å²) in [4.78, 5) is 30.7. The van der Waals surface area contributed by atoms with Crippen LogP contribution in [0.15, 0.2) is 66.9 Å². The van der Waals surface area contributed by atoms with E-state index >= 15 is 0 Å². The van der Waals surface area contributed by atoms with E-state index in [4.69, 9.17) is 5.73 Å². The number of para-hydroxylation sites is 1. The molecular weight excluding hydrogens is 426 g/mol. The molecule has 34 heavy (non-hydrogen) atoms. The maximum atomic E-state index is 13.2. The molecule has 1 saturated heterocycles. The molecule has 2 heterocycles. The Bertz CT molecular complexity index is 1100. The molecule has 0 radical (unpaired) electrons. The molecule has 1 aliphatic heterocycles. The van der Waals surface area contributed by atoms with E-state index in [9.17, 15) is 9.59 Å².